The number of rotatable bonds is 6. The highest BCUT2D eigenvalue weighted by atomic mass is 32.1. The molecule has 3 heterocycles. The average molecular weight is 362 g/mol. The number of aliphatic carboxylic acids is 1. The van der Waals surface area contributed by atoms with E-state index in [1.165, 1.54) is 0 Å². The predicted molar refractivity (Wildman–Crippen MR) is 94.4 cm³/mol. The van der Waals surface area contributed by atoms with Crippen molar-refractivity contribution in [3.05, 3.63) is 29.0 Å². The fourth-order valence-electron chi connectivity index (χ4n) is 3.21. The van der Waals surface area contributed by atoms with Crippen LogP contribution in [0.5, 0.6) is 0 Å². The molecule has 1 aliphatic rings. The summed E-state index contributed by atoms with van der Waals surface area (Å²) >= 11 is 1.55. The Bertz CT molecular complexity index is 738. The van der Waals surface area contributed by atoms with Crippen LogP contribution in [0.1, 0.15) is 37.1 Å². The first-order valence-corrected chi connectivity index (χ1v) is 9.40. The molecule has 1 fully saturated rings. The van der Waals surface area contributed by atoms with Gasteiger partial charge >= 0.3 is 5.97 Å². The third kappa shape index (κ3) is 4.48. The normalized spacial score (nSPS) is 17.6. The van der Waals surface area contributed by atoms with E-state index in [1.54, 1.807) is 11.3 Å². The molecule has 2 aromatic heterocycles. The molecule has 2 aromatic rings. The number of piperidine rings is 1. The van der Waals surface area contributed by atoms with Crippen LogP contribution in [0.15, 0.2) is 21.9 Å². The van der Waals surface area contributed by atoms with Gasteiger partial charge in [0.05, 0.1) is 17.0 Å². The molecule has 1 saturated heterocycles. The van der Waals surface area contributed by atoms with Gasteiger partial charge in [0.15, 0.2) is 0 Å². The van der Waals surface area contributed by atoms with Gasteiger partial charge in [-0.3, -0.25) is 9.59 Å². The second-order valence-electron chi connectivity index (χ2n) is 6.46. The highest BCUT2D eigenvalue weighted by Crippen LogP contribution is 2.27. The lowest BCUT2D eigenvalue weighted by molar-refractivity contribution is -0.137. The number of aryl methyl sites for hydroxylation is 1. The molecule has 1 atom stereocenters. The number of carbonyl (C=O) groups excluding carboxylic acids is 1. The van der Waals surface area contributed by atoms with Crippen molar-refractivity contribution in [3.8, 4) is 10.8 Å². The van der Waals surface area contributed by atoms with Crippen LogP contribution < -0.4 is 0 Å². The van der Waals surface area contributed by atoms with Crippen LogP contribution in [0.25, 0.3) is 10.8 Å². The second-order valence-corrected chi connectivity index (χ2v) is 7.40. The third-order valence-electron chi connectivity index (χ3n) is 4.58. The lowest BCUT2D eigenvalue weighted by Gasteiger charge is -2.32. The van der Waals surface area contributed by atoms with Crippen LogP contribution in [0.3, 0.4) is 0 Å². The number of thiophene rings is 1. The molecule has 134 valence electrons. The predicted octanol–water partition coefficient (Wildman–Crippen LogP) is 3.36. The minimum Gasteiger partial charge on any atom is -0.481 e. The van der Waals surface area contributed by atoms with E-state index in [2.05, 4.69) is 4.98 Å². The molecule has 1 N–H and O–H groups in total. The molecular weight excluding hydrogens is 340 g/mol. The van der Waals surface area contributed by atoms with Gasteiger partial charge in [0.1, 0.15) is 5.76 Å². The lowest BCUT2D eigenvalue weighted by Crippen LogP contribution is -2.41. The van der Waals surface area contributed by atoms with Crippen LogP contribution in [-0.4, -0.2) is 40.0 Å². The van der Waals surface area contributed by atoms with Crippen molar-refractivity contribution < 1.29 is 19.1 Å². The van der Waals surface area contributed by atoms with Gasteiger partial charge < -0.3 is 14.4 Å². The molecule has 25 heavy (non-hydrogen) atoms. The summed E-state index contributed by atoms with van der Waals surface area (Å²) < 4.78 is 5.70. The number of oxazole rings is 1. The van der Waals surface area contributed by atoms with E-state index >= 15 is 0 Å². The summed E-state index contributed by atoms with van der Waals surface area (Å²) in [5.41, 5.74) is 0.682. The van der Waals surface area contributed by atoms with Gasteiger partial charge in [0.25, 0.3) is 0 Å². The second kappa shape index (κ2) is 7.82. The molecule has 0 radical (unpaired) electrons. The van der Waals surface area contributed by atoms with Gasteiger partial charge in [0, 0.05) is 19.5 Å². The molecule has 0 aliphatic carbocycles. The van der Waals surface area contributed by atoms with Gasteiger partial charge in [-0.15, -0.1) is 11.3 Å². The molecule has 1 aliphatic heterocycles. The zero-order valence-electron chi connectivity index (χ0n) is 14.2. The number of amides is 1. The Labute approximate surface area is 150 Å². The Balaban J connectivity index is 1.61. The number of carboxylic acid groups (broad SMARTS) is 1. The topological polar surface area (TPSA) is 83.6 Å². The zero-order valence-corrected chi connectivity index (χ0v) is 15.1. The number of carboxylic acids is 1. The molecule has 0 aromatic carbocycles. The number of aromatic nitrogens is 1. The fourth-order valence-corrected chi connectivity index (χ4v) is 3.86. The molecule has 6 nitrogen and oxygen atoms in total. The molecule has 1 amide bonds. The summed E-state index contributed by atoms with van der Waals surface area (Å²) in [5, 5.41) is 10.8. The Kier molecular flexibility index (Phi) is 5.53. The SMILES string of the molecule is Cc1oc(-c2cccs2)nc1CC(=O)N1CCCC(CCC(=O)O)C1. The summed E-state index contributed by atoms with van der Waals surface area (Å²) in [5.74, 6) is 0.773. The quantitative estimate of drug-likeness (QED) is 0.852. The van der Waals surface area contributed by atoms with Gasteiger partial charge in [-0.2, -0.15) is 0 Å². The monoisotopic (exact) mass is 362 g/mol. The molecule has 1 unspecified atom stereocenters. The van der Waals surface area contributed by atoms with E-state index in [1.807, 2.05) is 29.3 Å². The maximum absolute atomic E-state index is 12.6. The van der Waals surface area contributed by atoms with Crippen LogP contribution in [0.4, 0.5) is 0 Å². The maximum Gasteiger partial charge on any atom is 0.303 e. The highest BCUT2D eigenvalue weighted by Gasteiger charge is 2.25. The average Bonchev–Trinajstić information content (AvgIpc) is 3.23. The van der Waals surface area contributed by atoms with Crippen molar-refractivity contribution in [2.75, 3.05) is 13.1 Å². The van der Waals surface area contributed by atoms with Crippen LogP contribution in [0, 0.1) is 12.8 Å². The van der Waals surface area contributed by atoms with E-state index in [0.29, 0.717) is 30.3 Å². The molecule has 0 spiro atoms. The molecule has 0 saturated carbocycles. The minimum atomic E-state index is -0.775. The number of likely N-dealkylation sites (tertiary alicyclic amines) is 1. The van der Waals surface area contributed by atoms with Gasteiger partial charge in [0.2, 0.25) is 11.8 Å². The molecule has 0 bridgehead atoms. The first kappa shape index (κ1) is 17.7. The Morgan fingerprint density at radius 3 is 3.04 bits per heavy atom. The van der Waals surface area contributed by atoms with Gasteiger partial charge in [-0.1, -0.05) is 6.07 Å². The third-order valence-corrected chi connectivity index (χ3v) is 5.44. The Morgan fingerprint density at radius 2 is 2.32 bits per heavy atom. The Morgan fingerprint density at radius 1 is 1.48 bits per heavy atom. The van der Waals surface area contributed by atoms with Crippen LogP contribution >= 0.6 is 11.3 Å². The van der Waals surface area contributed by atoms with Gasteiger partial charge in [-0.25, -0.2) is 4.98 Å². The number of nitrogens with zero attached hydrogens (tertiary/aromatic N) is 2. The van der Waals surface area contributed by atoms with E-state index in [-0.39, 0.29) is 24.7 Å². The molecule has 3 rings (SSSR count). The van der Waals surface area contributed by atoms with Crippen molar-refractivity contribution in [1.82, 2.24) is 9.88 Å². The fraction of sp³-hybridized carbons (Fsp3) is 0.500. The van der Waals surface area contributed by atoms with Crippen molar-refractivity contribution in [2.24, 2.45) is 5.92 Å². The lowest BCUT2D eigenvalue weighted by atomic mass is 9.93. The van der Waals surface area contributed by atoms with E-state index < -0.39 is 5.97 Å². The number of hydrogen-bond donors (Lipinski definition) is 1. The number of carbonyl (C=O) groups is 2. The van der Waals surface area contributed by atoms with Crippen LogP contribution in [0.2, 0.25) is 0 Å². The summed E-state index contributed by atoms with van der Waals surface area (Å²) in [7, 11) is 0. The van der Waals surface area contributed by atoms with E-state index in [9.17, 15) is 9.59 Å². The summed E-state index contributed by atoms with van der Waals surface area (Å²) in [6.45, 7) is 3.20. The van der Waals surface area contributed by atoms with Gasteiger partial charge in [-0.05, 0) is 43.6 Å². The number of hydrogen-bond acceptors (Lipinski definition) is 5. The Hall–Kier alpha value is -2.15. The van der Waals surface area contributed by atoms with Crippen molar-refractivity contribution in [2.45, 2.75) is 39.0 Å². The minimum absolute atomic E-state index is 0.0363. The van der Waals surface area contributed by atoms with E-state index in [4.69, 9.17) is 9.52 Å². The standard InChI is InChI=1S/C18H22N2O4S/c1-12-14(19-18(24-12)15-5-3-9-25-15)10-16(21)20-8-2-4-13(11-20)6-7-17(22)23/h3,5,9,13H,2,4,6-8,10-11H2,1H3,(H,22,23). The summed E-state index contributed by atoms with van der Waals surface area (Å²) in [4.78, 5) is 30.6. The van der Waals surface area contributed by atoms with Crippen molar-refractivity contribution in [3.63, 3.8) is 0 Å². The molecular formula is C18H22N2O4S. The smallest absolute Gasteiger partial charge is 0.303 e. The molecule has 7 heteroatoms. The largest absolute Gasteiger partial charge is 0.481 e. The van der Waals surface area contributed by atoms with E-state index in [0.717, 1.165) is 24.3 Å². The van der Waals surface area contributed by atoms with Crippen molar-refractivity contribution in [1.29, 1.82) is 0 Å². The first-order valence-electron chi connectivity index (χ1n) is 8.52. The summed E-state index contributed by atoms with van der Waals surface area (Å²) in [6, 6.07) is 3.88. The van der Waals surface area contributed by atoms with Crippen LogP contribution in [-0.2, 0) is 16.0 Å². The summed E-state index contributed by atoms with van der Waals surface area (Å²) in [6.07, 6.45) is 2.94. The van der Waals surface area contributed by atoms with Crippen molar-refractivity contribution >= 4 is 23.2 Å². The highest BCUT2D eigenvalue weighted by molar-refractivity contribution is 7.13. The maximum atomic E-state index is 12.6. The first-order chi connectivity index (χ1) is 12.0. The zero-order chi connectivity index (χ0) is 17.8.